The van der Waals surface area contributed by atoms with Gasteiger partial charge in [-0.1, -0.05) is 0 Å². The van der Waals surface area contributed by atoms with Gasteiger partial charge in [0.1, 0.15) is 11.1 Å². The lowest BCUT2D eigenvalue weighted by Crippen LogP contribution is -2.49. The van der Waals surface area contributed by atoms with E-state index in [1.165, 1.54) is 17.4 Å². The number of ether oxygens (including phenoxy) is 2. The van der Waals surface area contributed by atoms with Crippen LogP contribution in [0.15, 0.2) is 22.9 Å². The number of rotatable bonds is 6. The first-order valence-corrected chi connectivity index (χ1v) is 11.4. The third kappa shape index (κ3) is 4.90. The van der Waals surface area contributed by atoms with Gasteiger partial charge < -0.3 is 20.1 Å². The van der Waals surface area contributed by atoms with E-state index in [0.717, 1.165) is 35.3 Å². The molecule has 0 saturated carbocycles. The summed E-state index contributed by atoms with van der Waals surface area (Å²) in [5.74, 6) is -0.0547. The van der Waals surface area contributed by atoms with Crippen molar-refractivity contribution < 1.29 is 19.1 Å². The van der Waals surface area contributed by atoms with Crippen molar-refractivity contribution in [3.05, 3.63) is 44.5 Å². The summed E-state index contributed by atoms with van der Waals surface area (Å²) in [5, 5.41) is 19.7. The Balaban J connectivity index is 1.35. The molecule has 7 nitrogen and oxygen atoms in total. The van der Waals surface area contributed by atoms with E-state index in [4.69, 9.17) is 9.47 Å². The highest BCUT2D eigenvalue weighted by atomic mass is 32.1. The van der Waals surface area contributed by atoms with Crippen molar-refractivity contribution in [1.82, 2.24) is 5.32 Å². The number of hydrogen-bond donors (Lipinski definition) is 2. The third-order valence-corrected chi connectivity index (χ3v) is 6.97. The molecule has 2 aliphatic rings. The summed E-state index contributed by atoms with van der Waals surface area (Å²) < 4.78 is 10.4. The first-order valence-electron chi connectivity index (χ1n) is 9.69. The molecule has 0 bridgehead atoms. The number of nitriles is 1. The summed E-state index contributed by atoms with van der Waals surface area (Å²) in [4.78, 5) is 25.2. The van der Waals surface area contributed by atoms with Crippen molar-refractivity contribution in [2.24, 2.45) is 5.92 Å². The minimum Gasteiger partial charge on any atom is -0.449 e. The van der Waals surface area contributed by atoms with Gasteiger partial charge in [0.25, 0.3) is 0 Å². The van der Waals surface area contributed by atoms with E-state index in [1.54, 1.807) is 17.4 Å². The second-order valence-corrected chi connectivity index (χ2v) is 9.17. The van der Waals surface area contributed by atoms with E-state index in [1.807, 2.05) is 16.8 Å². The molecule has 0 spiro atoms. The number of amides is 2. The molecule has 4 rings (SSSR count). The molecule has 0 aromatic carbocycles. The van der Waals surface area contributed by atoms with Gasteiger partial charge in [-0.2, -0.15) is 16.6 Å². The van der Waals surface area contributed by atoms with Gasteiger partial charge in [-0.25, -0.2) is 4.79 Å². The van der Waals surface area contributed by atoms with Crippen molar-refractivity contribution in [1.29, 1.82) is 5.26 Å². The van der Waals surface area contributed by atoms with Crippen molar-refractivity contribution in [3.63, 3.8) is 0 Å². The molecule has 2 N–H and O–H groups in total. The SMILES string of the molecule is N#Cc1c(NC(=O)C=Cc2ccsc2)sc2c1CCC(COC(=O)NC1COC1)C2. The Morgan fingerprint density at radius 1 is 1.40 bits per heavy atom. The molecule has 1 aliphatic heterocycles. The molecule has 156 valence electrons. The number of nitrogens with zero attached hydrogens (tertiary/aromatic N) is 1. The Kier molecular flexibility index (Phi) is 6.47. The second-order valence-electron chi connectivity index (χ2n) is 7.28. The van der Waals surface area contributed by atoms with Crippen LogP contribution in [0, 0.1) is 17.2 Å². The summed E-state index contributed by atoms with van der Waals surface area (Å²) in [6, 6.07) is 4.22. The van der Waals surface area contributed by atoms with Crippen LogP contribution in [0.1, 0.15) is 28.0 Å². The molecule has 9 heteroatoms. The van der Waals surface area contributed by atoms with Gasteiger partial charge in [-0.15, -0.1) is 11.3 Å². The van der Waals surface area contributed by atoms with Crippen molar-refractivity contribution in [2.75, 3.05) is 25.1 Å². The van der Waals surface area contributed by atoms with Crippen LogP contribution in [0.3, 0.4) is 0 Å². The summed E-state index contributed by atoms with van der Waals surface area (Å²) in [7, 11) is 0. The number of anilines is 1. The van der Waals surface area contributed by atoms with Crippen molar-refractivity contribution in [2.45, 2.75) is 25.3 Å². The molecule has 1 saturated heterocycles. The topological polar surface area (TPSA) is 100 Å². The van der Waals surface area contributed by atoms with Crippen LogP contribution in [-0.2, 0) is 27.1 Å². The minimum absolute atomic E-state index is 0.0471. The third-order valence-electron chi connectivity index (χ3n) is 5.10. The molecular weight excluding hydrogens is 422 g/mol. The summed E-state index contributed by atoms with van der Waals surface area (Å²) in [5.41, 5.74) is 2.53. The monoisotopic (exact) mass is 443 g/mol. The number of hydrogen-bond acceptors (Lipinski definition) is 7. The van der Waals surface area contributed by atoms with Gasteiger partial charge in [0.15, 0.2) is 0 Å². The fraction of sp³-hybridized carbons (Fsp3) is 0.381. The molecule has 1 aliphatic carbocycles. The number of nitrogens with one attached hydrogen (secondary N) is 2. The molecule has 3 heterocycles. The van der Waals surface area contributed by atoms with Crippen LogP contribution in [0.25, 0.3) is 6.08 Å². The molecule has 0 radical (unpaired) electrons. The summed E-state index contributed by atoms with van der Waals surface area (Å²) in [6.45, 7) is 1.40. The van der Waals surface area contributed by atoms with Crippen LogP contribution in [0.2, 0.25) is 0 Å². The largest absolute Gasteiger partial charge is 0.449 e. The highest BCUT2D eigenvalue weighted by Gasteiger charge is 2.28. The standard InChI is InChI=1S/C21H21N3O4S2/c22-8-17-16-3-1-14(9-28-21(26)23-15-10-27-11-15)7-18(16)30-20(17)24-19(25)4-2-13-5-6-29-12-13/h2,4-6,12,14-15H,1,3,7,9-11H2,(H,23,26)(H,24,25). The normalized spacial score (nSPS) is 18.3. The number of carbonyl (C=O) groups is 2. The maximum absolute atomic E-state index is 12.3. The fourth-order valence-electron chi connectivity index (χ4n) is 3.42. The first-order chi connectivity index (χ1) is 14.6. The van der Waals surface area contributed by atoms with E-state index in [0.29, 0.717) is 30.4 Å². The molecule has 1 atom stereocenters. The van der Waals surface area contributed by atoms with Gasteiger partial charge in [-0.05, 0) is 59.2 Å². The lowest BCUT2D eigenvalue weighted by Gasteiger charge is -2.27. The smallest absolute Gasteiger partial charge is 0.407 e. The minimum atomic E-state index is -0.414. The van der Waals surface area contributed by atoms with Crippen molar-refractivity contribution >= 4 is 45.8 Å². The second kappa shape index (κ2) is 9.43. The van der Waals surface area contributed by atoms with E-state index in [2.05, 4.69) is 16.7 Å². The Morgan fingerprint density at radius 3 is 2.97 bits per heavy atom. The van der Waals surface area contributed by atoms with Gasteiger partial charge in [-0.3, -0.25) is 4.79 Å². The van der Waals surface area contributed by atoms with Gasteiger partial charge in [0.05, 0.1) is 31.4 Å². The van der Waals surface area contributed by atoms with Crippen LogP contribution in [0.5, 0.6) is 0 Å². The van der Waals surface area contributed by atoms with E-state index < -0.39 is 6.09 Å². The number of fused-ring (bicyclic) bond motifs is 1. The predicted octanol–water partition coefficient (Wildman–Crippen LogP) is 3.56. The van der Waals surface area contributed by atoms with E-state index in [9.17, 15) is 14.9 Å². The number of alkyl carbamates (subject to hydrolysis) is 1. The zero-order valence-corrected chi connectivity index (χ0v) is 17.8. The highest BCUT2D eigenvalue weighted by molar-refractivity contribution is 7.16. The highest BCUT2D eigenvalue weighted by Crippen LogP contribution is 2.39. The predicted molar refractivity (Wildman–Crippen MR) is 116 cm³/mol. The number of carbonyl (C=O) groups excluding carboxylic acids is 2. The Hall–Kier alpha value is -2.67. The average Bonchev–Trinajstić information content (AvgIpc) is 3.34. The quantitative estimate of drug-likeness (QED) is 0.665. The van der Waals surface area contributed by atoms with E-state index >= 15 is 0 Å². The first kappa shape index (κ1) is 20.6. The molecule has 30 heavy (non-hydrogen) atoms. The molecular formula is C21H21N3O4S2. The zero-order valence-electron chi connectivity index (χ0n) is 16.2. The lowest BCUT2D eigenvalue weighted by molar-refractivity contribution is -0.111. The van der Waals surface area contributed by atoms with Crippen LogP contribution < -0.4 is 10.6 Å². The summed E-state index contributed by atoms with van der Waals surface area (Å²) >= 11 is 3.01. The van der Waals surface area contributed by atoms with E-state index in [-0.39, 0.29) is 17.9 Å². The molecule has 1 fully saturated rings. The van der Waals surface area contributed by atoms with Gasteiger partial charge in [0.2, 0.25) is 5.91 Å². The molecule has 1 unspecified atom stereocenters. The summed E-state index contributed by atoms with van der Waals surface area (Å²) in [6.07, 6.45) is 5.12. The van der Waals surface area contributed by atoms with Gasteiger partial charge >= 0.3 is 6.09 Å². The van der Waals surface area contributed by atoms with Gasteiger partial charge in [0, 0.05) is 11.0 Å². The Bertz CT molecular complexity index is 987. The molecule has 2 amide bonds. The maximum atomic E-state index is 12.3. The van der Waals surface area contributed by atoms with Crippen molar-refractivity contribution in [3.8, 4) is 6.07 Å². The Morgan fingerprint density at radius 2 is 2.27 bits per heavy atom. The number of thiophene rings is 2. The zero-order chi connectivity index (χ0) is 20.9. The Labute approximate surface area is 182 Å². The van der Waals surface area contributed by atoms with Crippen LogP contribution in [0.4, 0.5) is 9.80 Å². The van der Waals surface area contributed by atoms with Crippen LogP contribution in [-0.4, -0.2) is 37.9 Å². The maximum Gasteiger partial charge on any atom is 0.407 e. The fourth-order valence-corrected chi connectivity index (χ4v) is 5.36. The molecule has 2 aromatic heterocycles. The van der Waals surface area contributed by atoms with Crippen LogP contribution >= 0.6 is 22.7 Å². The lowest BCUT2D eigenvalue weighted by atomic mass is 9.88. The average molecular weight is 444 g/mol. The molecule has 2 aromatic rings.